The minimum Gasteiger partial charge on any atom is -0.496 e. The van der Waals surface area contributed by atoms with Crippen molar-refractivity contribution in [2.75, 3.05) is 19.0 Å². The first-order valence-corrected chi connectivity index (χ1v) is 8.19. The summed E-state index contributed by atoms with van der Waals surface area (Å²) in [5, 5.41) is 2.98. The number of aryl methyl sites for hydroxylation is 1. The van der Waals surface area contributed by atoms with E-state index in [0.29, 0.717) is 18.8 Å². The molecule has 0 aliphatic carbocycles. The van der Waals surface area contributed by atoms with E-state index in [1.54, 1.807) is 13.2 Å². The molecule has 0 atom stereocenters. The van der Waals surface area contributed by atoms with Crippen molar-refractivity contribution in [1.82, 2.24) is 0 Å². The van der Waals surface area contributed by atoms with Crippen LogP contribution in [0.25, 0.3) is 0 Å². The van der Waals surface area contributed by atoms with Gasteiger partial charge in [-0.1, -0.05) is 19.1 Å². The Morgan fingerprint density at radius 2 is 1.96 bits per heavy atom. The number of hydrogen-bond donors (Lipinski definition) is 1. The van der Waals surface area contributed by atoms with E-state index >= 15 is 0 Å². The number of hydrogen-bond acceptors (Lipinski definition) is 3. The van der Waals surface area contributed by atoms with Gasteiger partial charge >= 0.3 is 0 Å². The SMILES string of the molecule is CCCOCc1cc(C(=O)Nc2cccc(C)c2C)ccc1OC. The summed E-state index contributed by atoms with van der Waals surface area (Å²) >= 11 is 0. The third kappa shape index (κ3) is 4.36. The van der Waals surface area contributed by atoms with E-state index in [-0.39, 0.29) is 5.91 Å². The van der Waals surface area contributed by atoms with Gasteiger partial charge in [0.05, 0.1) is 13.7 Å². The number of ether oxygens (including phenoxy) is 2. The molecule has 0 aliphatic heterocycles. The second-order valence-electron chi connectivity index (χ2n) is 5.78. The van der Waals surface area contributed by atoms with Crippen molar-refractivity contribution in [3.8, 4) is 5.75 Å². The molecule has 1 N–H and O–H groups in total. The summed E-state index contributed by atoms with van der Waals surface area (Å²) in [5.74, 6) is 0.595. The van der Waals surface area contributed by atoms with E-state index in [4.69, 9.17) is 9.47 Å². The van der Waals surface area contributed by atoms with Crippen LogP contribution in [0.4, 0.5) is 5.69 Å². The lowest BCUT2D eigenvalue weighted by atomic mass is 10.1. The average Bonchev–Trinajstić information content (AvgIpc) is 2.59. The Kier molecular flexibility index (Phi) is 6.38. The van der Waals surface area contributed by atoms with Crippen molar-refractivity contribution >= 4 is 11.6 Å². The molecule has 0 aliphatic rings. The first-order valence-electron chi connectivity index (χ1n) is 8.19. The van der Waals surface area contributed by atoms with Crippen molar-refractivity contribution in [1.29, 1.82) is 0 Å². The number of methoxy groups -OCH3 is 1. The summed E-state index contributed by atoms with van der Waals surface area (Å²) in [4.78, 5) is 12.6. The molecule has 0 radical (unpaired) electrons. The molecule has 0 bridgehead atoms. The predicted molar refractivity (Wildman–Crippen MR) is 96.8 cm³/mol. The van der Waals surface area contributed by atoms with E-state index in [2.05, 4.69) is 12.2 Å². The summed E-state index contributed by atoms with van der Waals surface area (Å²) in [6, 6.07) is 11.3. The normalized spacial score (nSPS) is 10.5. The van der Waals surface area contributed by atoms with E-state index in [9.17, 15) is 4.79 Å². The molecule has 0 saturated carbocycles. The lowest BCUT2D eigenvalue weighted by molar-refractivity contribution is 0.102. The van der Waals surface area contributed by atoms with Gasteiger partial charge in [0.2, 0.25) is 0 Å². The number of carbonyl (C=O) groups excluding carboxylic acids is 1. The molecule has 2 aromatic rings. The van der Waals surface area contributed by atoms with Gasteiger partial charge in [-0.3, -0.25) is 4.79 Å². The van der Waals surface area contributed by atoms with E-state index in [1.807, 2.05) is 44.2 Å². The highest BCUT2D eigenvalue weighted by Crippen LogP contribution is 2.23. The van der Waals surface area contributed by atoms with Gasteiger partial charge in [-0.2, -0.15) is 0 Å². The van der Waals surface area contributed by atoms with Crippen molar-refractivity contribution < 1.29 is 14.3 Å². The Balaban J connectivity index is 2.19. The van der Waals surface area contributed by atoms with Crippen molar-refractivity contribution in [2.24, 2.45) is 0 Å². The highest BCUT2D eigenvalue weighted by atomic mass is 16.5. The van der Waals surface area contributed by atoms with Crippen LogP contribution in [0.3, 0.4) is 0 Å². The van der Waals surface area contributed by atoms with Gasteiger partial charge in [-0.25, -0.2) is 0 Å². The number of amides is 1. The summed E-state index contributed by atoms with van der Waals surface area (Å²) in [5.41, 5.74) is 4.52. The Hall–Kier alpha value is -2.33. The Morgan fingerprint density at radius 3 is 2.67 bits per heavy atom. The van der Waals surface area contributed by atoms with Crippen LogP contribution >= 0.6 is 0 Å². The first kappa shape index (κ1) is 18.0. The zero-order chi connectivity index (χ0) is 17.5. The fraction of sp³-hybridized carbons (Fsp3) is 0.350. The molecule has 2 rings (SSSR count). The maximum atomic E-state index is 12.6. The molecule has 0 spiro atoms. The fourth-order valence-electron chi connectivity index (χ4n) is 2.44. The second kappa shape index (κ2) is 8.50. The molecular weight excluding hydrogens is 302 g/mol. The zero-order valence-corrected chi connectivity index (χ0v) is 14.8. The standard InChI is InChI=1S/C20H25NO3/c1-5-11-24-13-17-12-16(9-10-19(17)23-4)20(22)21-18-8-6-7-14(2)15(18)3/h6-10,12H,5,11,13H2,1-4H3,(H,21,22). The first-order chi connectivity index (χ1) is 11.6. The number of anilines is 1. The molecule has 0 aromatic heterocycles. The van der Waals surface area contributed by atoms with Crippen LogP contribution in [-0.2, 0) is 11.3 Å². The quantitative estimate of drug-likeness (QED) is 0.762. The van der Waals surface area contributed by atoms with Gasteiger partial charge in [-0.15, -0.1) is 0 Å². The van der Waals surface area contributed by atoms with E-state index in [1.165, 1.54) is 0 Å². The van der Waals surface area contributed by atoms with Gasteiger partial charge in [0.1, 0.15) is 5.75 Å². The van der Waals surface area contributed by atoms with Crippen LogP contribution in [0.2, 0.25) is 0 Å². The van der Waals surface area contributed by atoms with Crippen LogP contribution < -0.4 is 10.1 Å². The third-order valence-corrected chi connectivity index (χ3v) is 4.00. The molecule has 128 valence electrons. The molecule has 0 unspecified atom stereocenters. The molecule has 4 nitrogen and oxygen atoms in total. The van der Waals surface area contributed by atoms with Gasteiger partial charge in [0.15, 0.2) is 0 Å². The number of benzene rings is 2. The minimum atomic E-state index is -0.136. The average molecular weight is 327 g/mol. The minimum absolute atomic E-state index is 0.136. The fourth-order valence-corrected chi connectivity index (χ4v) is 2.44. The smallest absolute Gasteiger partial charge is 0.255 e. The van der Waals surface area contributed by atoms with Crippen molar-refractivity contribution in [2.45, 2.75) is 33.8 Å². The largest absolute Gasteiger partial charge is 0.496 e. The summed E-state index contributed by atoms with van der Waals surface area (Å²) in [6.07, 6.45) is 0.953. The van der Waals surface area contributed by atoms with Gasteiger partial charge in [0, 0.05) is 23.4 Å². The molecule has 0 heterocycles. The molecule has 1 amide bonds. The molecule has 2 aromatic carbocycles. The second-order valence-corrected chi connectivity index (χ2v) is 5.78. The molecule has 24 heavy (non-hydrogen) atoms. The zero-order valence-electron chi connectivity index (χ0n) is 14.8. The molecular formula is C20H25NO3. The van der Waals surface area contributed by atoms with Crippen LogP contribution in [-0.4, -0.2) is 19.6 Å². The summed E-state index contributed by atoms with van der Waals surface area (Å²) in [7, 11) is 1.62. The summed E-state index contributed by atoms with van der Waals surface area (Å²) < 4.78 is 10.9. The predicted octanol–water partition coefficient (Wildman–Crippen LogP) is 4.49. The summed E-state index contributed by atoms with van der Waals surface area (Å²) in [6.45, 7) is 7.21. The Bertz CT molecular complexity index is 710. The van der Waals surface area contributed by atoms with E-state index in [0.717, 1.165) is 34.5 Å². The van der Waals surface area contributed by atoms with Crippen LogP contribution in [0, 0.1) is 13.8 Å². The van der Waals surface area contributed by atoms with Gasteiger partial charge in [-0.05, 0) is 55.7 Å². The van der Waals surface area contributed by atoms with E-state index < -0.39 is 0 Å². The molecule has 0 saturated heterocycles. The van der Waals surface area contributed by atoms with Crippen molar-refractivity contribution in [3.05, 3.63) is 58.7 Å². The van der Waals surface area contributed by atoms with Crippen molar-refractivity contribution in [3.63, 3.8) is 0 Å². The van der Waals surface area contributed by atoms with Gasteiger partial charge in [0.25, 0.3) is 5.91 Å². The van der Waals surface area contributed by atoms with Gasteiger partial charge < -0.3 is 14.8 Å². The maximum Gasteiger partial charge on any atom is 0.255 e. The monoisotopic (exact) mass is 327 g/mol. The Morgan fingerprint density at radius 1 is 1.17 bits per heavy atom. The topological polar surface area (TPSA) is 47.6 Å². The molecule has 0 fully saturated rings. The Labute approximate surface area is 143 Å². The highest BCUT2D eigenvalue weighted by Gasteiger charge is 2.12. The third-order valence-electron chi connectivity index (χ3n) is 4.00. The lowest BCUT2D eigenvalue weighted by Crippen LogP contribution is -2.13. The highest BCUT2D eigenvalue weighted by molar-refractivity contribution is 6.04. The molecule has 4 heteroatoms. The van der Waals surface area contributed by atoms with Crippen LogP contribution in [0.5, 0.6) is 5.75 Å². The number of carbonyl (C=O) groups is 1. The van der Waals surface area contributed by atoms with Crippen LogP contribution in [0.1, 0.15) is 40.4 Å². The number of rotatable bonds is 7. The number of nitrogens with one attached hydrogen (secondary N) is 1. The lowest BCUT2D eigenvalue weighted by Gasteiger charge is -2.13. The maximum absolute atomic E-state index is 12.6. The van der Waals surface area contributed by atoms with Crippen LogP contribution in [0.15, 0.2) is 36.4 Å².